The van der Waals surface area contributed by atoms with Gasteiger partial charge >= 0.3 is 0 Å². The Kier molecular flexibility index (Phi) is 2.30. The molecule has 0 aliphatic heterocycles. The first-order valence-electron chi connectivity index (χ1n) is 5.28. The standard InChI is InChI=1S/C13H10N2OS/c1-9-12(10-5-3-2-4-6-10)15-7-11(8-16)14-13(15)17-9/h2-8H,1H3. The number of hydrogen-bond donors (Lipinski definition) is 0. The lowest BCUT2D eigenvalue weighted by atomic mass is 10.1. The first-order valence-corrected chi connectivity index (χ1v) is 6.10. The van der Waals surface area contributed by atoms with E-state index in [0.29, 0.717) is 5.69 Å². The number of rotatable bonds is 2. The summed E-state index contributed by atoms with van der Waals surface area (Å²) < 4.78 is 1.99. The van der Waals surface area contributed by atoms with Crippen molar-refractivity contribution in [1.29, 1.82) is 0 Å². The molecule has 2 aromatic heterocycles. The molecule has 0 saturated carbocycles. The van der Waals surface area contributed by atoms with Gasteiger partial charge in [0, 0.05) is 11.1 Å². The fourth-order valence-corrected chi connectivity index (χ4v) is 2.94. The van der Waals surface area contributed by atoms with Gasteiger partial charge in [-0.25, -0.2) is 4.98 Å². The molecule has 1 aromatic carbocycles. The van der Waals surface area contributed by atoms with Crippen molar-refractivity contribution in [3.63, 3.8) is 0 Å². The van der Waals surface area contributed by atoms with Crippen LogP contribution in [0.5, 0.6) is 0 Å². The van der Waals surface area contributed by atoms with Crippen LogP contribution in [-0.2, 0) is 0 Å². The number of nitrogens with zero attached hydrogens (tertiary/aromatic N) is 2. The van der Waals surface area contributed by atoms with Crippen LogP contribution in [0.2, 0.25) is 0 Å². The summed E-state index contributed by atoms with van der Waals surface area (Å²) in [6, 6.07) is 10.1. The van der Waals surface area contributed by atoms with Crippen molar-refractivity contribution in [1.82, 2.24) is 9.38 Å². The zero-order valence-electron chi connectivity index (χ0n) is 9.25. The Morgan fingerprint density at radius 2 is 2.06 bits per heavy atom. The largest absolute Gasteiger partial charge is 0.296 e. The minimum atomic E-state index is 0.480. The van der Waals surface area contributed by atoms with Crippen molar-refractivity contribution in [2.75, 3.05) is 0 Å². The van der Waals surface area contributed by atoms with Gasteiger partial charge in [0.15, 0.2) is 11.2 Å². The predicted molar refractivity (Wildman–Crippen MR) is 68.6 cm³/mol. The Bertz CT molecular complexity index is 682. The van der Waals surface area contributed by atoms with Gasteiger partial charge in [-0.2, -0.15) is 0 Å². The van der Waals surface area contributed by atoms with Crippen LogP contribution in [0.1, 0.15) is 15.4 Å². The number of hydrogen-bond acceptors (Lipinski definition) is 3. The number of aryl methyl sites for hydroxylation is 1. The second-order valence-electron chi connectivity index (χ2n) is 3.81. The van der Waals surface area contributed by atoms with Crippen molar-refractivity contribution in [3.05, 3.63) is 47.1 Å². The fourth-order valence-electron chi connectivity index (χ4n) is 1.96. The third kappa shape index (κ3) is 1.57. The Balaban J connectivity index is 2.31. The fraction of sp³-hybridized carbons (Fsp3) is 0.0769. The molecule has 2 heterocycles. The van der Waals surface area contributed by atoms with Crippen LogP contribution in [0.15, 0.2) is 36.5 Å². The summed E-state index contributed by atoms with van der Waals surface area (Å²) in [5, 5.41) is 0. The molecule has 3 nitrogen and oxygen atoms in total. The molecule has 4 heteroatoms. The van der Waals surface area contributed by atoms with E-state index in [9.17, 15) is 4.79 Å². The Hall–Kier alpha value is -1.94. The van der Waals surface area contributed by atoms with Crippen LogP contribution in [0, 0.1) is 6.92 Å². The molecule has 0 amide bonds. The van der Waals surface area contributed by atoms with Gasteiger partial charge in [0.2, 0.25) is 0 Å². The Morgan fingerprint density at radius 3 is 2.76 bits per heavy atom. The molecule has 0 saturated heterocycles. The molecule has 0 N–H and O–H groups in total. The maximum atomic E-state index is 10.7. The molecule has 3 aromatic rings. The highest BCUT2D eigenvalue weighted by atomic mass is 32.1. The lowest BCUT2D eigenvalue weighted by Crippen LogP contribution is -1.85. The lowest BCUT2D eigenvalue weighted by molar-refractivity contribution is 0.111. The first kappa shape index (κ1) is 10.2. The number of carbonyl (C=O) groups excluding carboxylic acids is 1. The van der Waals surface area contributed by atoms with E-state index >= 15 is 0 Å². The minimum Gasteiger partial charge on any atom is -0.296 e. The van der Waals surface area contributed by atoms with Crippen LogP contribution in [-0.4, -0.2) is 15.7 Å². The zero-order valence-corrected chi connectivity index (χ0v) is 10.1. The van der Waals surface area contributed by atoms with Gasteiger partial charge in [-0.3, -0.25) is 9.20 Å². The summed E-state index contributed by atoms with van der Waals surface area (Å²) in [6.45, 7) is 2.07. The van der Waals surface area contributed by atoms with Crippen molar-refractivity contribution < 1.29 is 4.79 Å². The van der Waals surface area contributed by atoms with Crippen LogP contribution < -0.4 is 0 Å². The minimum absolute atomic E-state index is 0.480. The molecule has 0 atom stereocenters. The normalized spacial score (nSPS) is 10.9. The highest BCUT2D eigenvalue weighted by Gasteiger charge is 2.12. The van der Waals surface area contributed by atoms with Crippen molar-refractivity contribution in [2.24, 2.45) is 0 Å². The molecule has 0 spiro atoms. The van der Waals surface area contributed by atoms with Gasteiger partial charge in [-0.05, 0) is 12.5 Å². The van der Waals surface area contributed by atoms with Crippen molar-refractivity contribution in [3.8, 4) is 11.3 Å². The summed E-state index contributed by atoms with van der Waals surface area (Å²) in [6.07, 6.45) is 2.57. The summed E-state index contributed by atoms with van der Waals surface area (Å²) in [7, 11) is 0. The second kappa shape index (κ2) is 3.82. The van der Waals surface area contributed by atoms with E-state index in [1.807, 2.05) is 22.6 Å². The molecule has 3 rings (SSSR count). The van der Waals surface area contributed by atoms with E-state index in [4.69, 9.17) is 0 Å². The van der Waals surface area contributed by atoms with Gasteiger partial charge in [-0.1, -0.05) is 30.3 Å². The molecular weight excluding hydrogens is 232 g/mol. The number of benzene rings is 1. The Labute approximate surface area is 102 Å². The average molecular weight is 242 g/mol. The monoisotopic (exact) mass is 242 g/mol. The lowest BCUT2D eigenvalue weighted by Gasteiger charge is -2.00. The van der Waals surface area contributed by atoms with Crippen molar-refractivity contribution >= 4 is 22.6 Å². The second-order valence-corrected chi connectivity index (χ2v) is 4.99. The average Bonchev–Trinajstić information content (AvgIpc) is 2.86. The number of fused-ring (bicyclic) bond motifs is 1. The molecule has 0 fully saturated rings. The molecule has 0 bridgehead atoms. The molecular formula is C13H10N2OS. The maximum absolute atomic E-state index is 10.7. The van der Waals surface area contributed by atoms with Crippen LogP contribution in [0.3, 0.4) is 0 Å². The number of aldehydes is 1. The summed E-state index contributed by atoms with van der Waals surface area (Å²) >= 11 is 1.60. The van der Waals surface area contributed by atoms with E-state index < -0.39 is 0 Å². The Morgan fingerprint density at radius 1 is 1.29 bits per heavy atom. The van der Waals surface area contributed by atoms with E-state index in [-0.39, 0.29) is 0 Å². The molecule has 0 unspecified atom stereocenters. The van der Waals surface area contributed by atoms with E-state index in [1.165, 1.54) is 4.88 Å². The van der Waals surface area contributed by atoms with Crippen LogP contribution in [0.4, 0.5) is 0 Å². The van der Waals surface area contributed by atoms with E-state index in [1.54, 1.807) is 17.5 Å². The topological polar surface area (TPSA) is 34.4 Å². The summed E-state index contributed by atoms with van der Waals surface area (Å²) in [4.78, 5) is 17.1. The van der Waals surface area contributed by atoms with Gasteiger partial charge in [0.05, 0.1) is 5.69 Å². The number of aromatic nitrogens is 2. The van der Waals surface area contributed by atoms with Crippen LogP contribution in [0.25, 0.3) is 16.2 Å². The van der Waals surface area contributed by atoms with Gasteiger partial charge in [0.1, 0.15) is 5.69 Å². The third-order valence-electron chi connectivity index (χ3n) is 2.68. The van der Waals surface area contributed by atoms with Crippen molar-refractivity contribution in [2.45, 2.75) is 6.92 Å². The number of imidazole rings is 1. The van der Waals surface area contributed by atoms with Gasteiger partial charge < -0.3 is 0 Å². The first-order chi connectivity index (χ1) is 8.29. The molecule has 84 valence electrons. The van der Waals surface area contributed by atoms with Crippen LogP contribution >= 0.6 is 11.3 Å². The van der Waals surface area contributed by atoms with Gasteiger partial charge in [0.25, 0.3) is 0 Å². The summed E-state index contributed by atoms with van der Waals surface area (Å²) in [5.41, 5.74) is 2.74. The molecule has 0 aliphatic rings. The molecule has 17 heavy (non-hydrogen) atoms. The predicted octanol–water partition coefficient (Wildman–Crippen LogP) is 3.18. The quantitative estimate of drug-likeness (QED) is 0.647. The number of thiazole rings is 1. The smallest absolute Gasteiger partial charge is 0.195 e. The van der Waals surface area contributed by atoms with E-state index in [0.717, 1.165) is 22.5 Å². The maximum Gasteiger partial charge on any atom is 0.195 e. The highest BCUT2D eigenvalue weighted by Crippen LogP contribution is 2.30. The van der Waals surface area contributed by atoms with Gasteiger partial charge in [-0.15, -0.1) is 11.3 Å². The SMILES string of the molecule is Cc1sc2nc(C=O)cn2c1-c1ccccc1. The van der Waals surface area contributed by atoms with E-state index in [2.05, 4.69) is 24.0 Å². The third-order valence-corrected chi connectivity index (χ3v) is 3.65. The number of carbonyl (C=O) groups is 1. The zero-order chi connectivity index (χ0) is 11.8. The highest BCUT2D eigenvalue weighted by molar-refractivity contribution is 7.17. The molecule has 0 aliphatic carbocycles. The summed E-state index contributed by atoms with van der Waals surface area (Å²) in [5.74, 6) is 0. The molecule has 0 radical (unpaired) electrons.